The van der Waals surface area contributed by atoms with Crippen molar-refractivity contribution in [3.63, 3.8) is 0 Å². The highest BCUT2D eigenvalue weighted by molar-refractivity contribution is 5.74. The van der Waals surface area contributed by atoms with Crippen LogP contribution in [0.1, 0.15) is 44.1 Å². The average molecular weight is 345 g/mol. The Bertz CT molecular complexity index is 558. The van der Waals surface area contributed by atoms with Crippen LogP contribution in [-0.4, -0.2) is 50.3 Å². The maximum absolute atomic E-state index is 12.6. The number of rotatable bonds is 4. The number of hydrogen-bond donors (Lipinski definition) is 1. The Balaban J connectivity index is 1.57. The molecule has 0 bridgehead atoms. The number of hydrogen-bond acceptors (Lipinski definition) is 3. The van der Waals surface area contributed by atoms with E-state index in [-0.39, 0.29) is 12.1 Å². The smallest absolute Gasteiger partial charge is 0.317 e. The van der Waals surface area contributed by atoms with Crippen molar-refractivity contribution in [1.29, 1.82) is 0 Å². The molecular formula is C20H31N3O2. The normalized spacial score (nSPS) is 21.7. The molecule has 1 aromatic rings. The number of nitrogens with one attached hydrogen (secondary N) is 1. The van der Waals surface area contributed by atoms with Crippen LogP contribution in [0.25, 0.3) is 0 Å². The fraction of sp³-hybridized carbons (Fsp3) is 0.650. The highest BCUT2D eigenvalue weighted by Crippen LogP contribution is 2.24. The largest absolute Gasteiger partial charge is 0.381 e. The maximum atomic E-state index is 12.6. The topological polar surface area (TPSA) is 44.8 Å². The van der Waals surface area contributed by atoms with Gasteiger partial charge in [0.15, 0.2) is 0 Å². The second-order valence-electron chi connectivity index (χ2n) is 7.11. The molecule has 2 aliphatic rings. The lowest BCUT2D eigenvalue weighted by molar-refractivity contribution is 0.0906. The molecule has 25 heavy (non-hydrogen) atoms. The average Bonchev–Trinajstić information content (AvgIpc) is 2.93. The van der Waals surface area contributed by atoms with E-state index in [0.29, 0.717) is 6.54 Å². The van der Waals surface area contributed by atoms with E-state index in [9.17, 15) is 4.79 Å². The van der Waals surface area contributed by atoms with Crippen LogP contribution in [0.4, 0.5) is 10.5 Å². The molecule has 5 heteroatoms. The van der Waals surface area contributed by atoms with Gasteiger partial charge in [0, 0.05) is 45.5 Å². The minimum absolute atomic E-state index is 0.0465. The van der Waals surface area contributed by atoms with Gasteiger partial charge in [-0.15, -0.1) is 0 Å². The van der Waals surface area contributed by atoms with E-state index in [0.717, 1.165) is 45.4 Å². The van der Waals surface area contributed by atoms with Gasteiger partial charge in [-0.1, -0.05) is 18.2 Å². The molecule has 2 saturated heterocycles. The van der Waals surface area contributed by atoms with Gasteiger partial charge in [0.1, 0.15) is 0 Å². The van der Waals surface area contributed by atoms with Crippen LogP contribution in [0.3, 0.4) is 0 Å². The number of nitrogens with zero attached hydrogens (tertiary/aromatic N) is 2. The first-order valence-corrected chi connectivity index (χ1v) is 9.66. The number of likely N-dealkylation sites (tertiary alicyclic amines) is 1. The van der Waals surface area contributed by atoms with E-state index in [4.69, 9.17) is 4.74 Å². The van der Waals surface area contributed by atoms with Crippen molar-refractivity contribution in [3.8, 4) is 0 Å². The molecule has 138 valence electrons. The number of carbonyl (C=O) groups excluding carboxylic acids is 1. The second kappa shape index (κ2) is 9.09. The summed E-state index contributed by atoms with van der Waals surface area (Å²) in [5.41, 5.74) is 2.49. The number of methoxy groups -OCH3 is 1. The van der Waals surface area contributed by atoms with Gasteiger partial charge in [0.2, 0.25) is 0 Å². The highest BCUT2D eigenvalue weighted by Gasteiger charge is 2.21. The summed E-state index contributed by atoms with van der Waals surface area (Å²) in [6, 6.07) is 8.51. The van der Waals surface area contributed by atoms with E-state index in [1.165, 1.54) is 30.5 Å². The number of piperidine rings is 1. The van der Waals surface area contributed by atoms with Gasteiger partial charge in [0.25, 0.3) is 0 Å². The number of benzene rings is 1. The summed E-state index contributed by atoms with van der Waals surface area (Å²) < 4.78 is 5.45. The summed E-state index contributed by atoms with van der Waals surface area (Å²) in [6.07, 6.45) is 7.11. The minimum atomic E-state index is 0.0465. The molecule has 0 spiro atoms. The summed E-state index contributed by atoms with van der Waals surface area (Å²) in [5.74, 6) is 0. The summed E-state index contributed by atoms with van der Waals surface area (Å²) in [4.78, 5) is 17.0. The van der Waals surface area contributed by atoms with Crippen molar-refractivity contribution >= 4 is 11.7 Å². The van der Waals surface area contributed by atoms with Gasteiger partial charge in [-0.05, 0) is 50.2 Å². The van der Waals surface area contributed by atoms with Gasteiger partial charge in [-0.3, -0.25) is 0 Å². The van der Waals surface area contributed by atoms with E-state index in [1.807, 2.05) is 4.90 Å². The molecule has 2 amide bonds. The standard InChI is InChI=1S/C20H31N3O2/c1-25-18-9-7-14-23(15-11-18)20(24)21-16-17-8-3-4-10-19(17)22-12-5-2-6-13-22/h3-4,8,10,18H,2,5-7,9,11-16H2,1H3,(H,21,24). The Hall–Kier alpha value is -1.75. The van der Waals surface area contributed by atoms with E-state index < -0.39 is 0 Å². The predicted octanol–water partition coefficient (Wildman–Crippen LogP) is 3.39. The molecular weight excluding hydrogens is 314 g/mol. The van der Waals surface area contributed by atoms with Crippen molar-refractivity contribution < 1.29 is 9.53 Å². The fourth-order valence-corrected chi connectivity index (χ4v) is 3.89. The number of anilines is 1. The van der Waals surface area contributed by atoms with E-state index in [2.05, 4.69) is 34.5 Å². The minimum Gasteiger partial charge on any atom is -0.381 e. The number of carbonyl (C=O) groups is 1. The molecule has 0 aromatic heterocycles. The van der Waals surface area contributed by atoms with Crippen LogP contribution >= 0.6 is 0 Å². The van der Waals surface area contributed by atoms with Crippen LogP contribution in [0, 0.1) is 0 Å². The highest BCUT2D eigenvalue weighted by atomic mass is 16.5. The zero-order valence-electron chi connectivity index (χ0n) is 15.4. The first-order chi connectivity index (χ1) is 12.3. The van der Waals surface area contributed by atoms with Crippen LogP contribution in [0.15, 0.2) is 24.3 Å². The Labute approximate surface area is 151 Å². The SMILES string of the molecule is COC1CCCN(C(=O)NCc2ccccc2N2CCCCC2)CC1. The summed E-state index contributed by atoms with van der Waals surface area (Å²) in [6.45, 7) is 4.43. The first-order valence-electron chi connectivity index (χ1n) is 9.66. The van der Waals surface area contributed by atoms with Gasteiger partial charge in [-0.2, -0.15) is 0 Å². The number of para-hydroxylation sites is 1. The van der Waals surface area contributed by atoms with Crippen molar-refractivity contribution in [2.75, 3.05) is 38.2 Å². The van der Waals surface area contributed by atoms with Crippen LogP contribution in [0.5, 0.6) is 0 Å². The predicted molar refractivity (Wildman–Crippen MR) is 101 cm³/mol. The molecule has 3 rings (SSSR count). The van der Waals surface area contributed by atoms with Crippen molar-refractivity contribution in [2.24, 2.45) is 0 Å². The van der Waals surface area contributed by atoms with Gasteiger partial charge < -0.3 is 19.9 Å². The van der Waals surface area contributed by atoms with Gasteiger partial charge in [-0.25, -0.2) is 4.79 Å². The number of urea groups is 1. The van der Waals surface area contributed by atoms with Crippen LogP contribution in [-0.2, 0) is 11.3 Å². The maximum Gasteiger partial charge on any atom is 0.317 e. The van der Waals surface area contributed by atoms with Crippen molar-refractivity contribution in [3.05, 3.63) is 29.8 Å². The zero-order valence-corrected chi connectivity index (χ0v) is 15.4. The molecule has 1 aromatic carbocycles. The molecule has 2 heterocycles. The molecule has 1 atom stereocenters. The first kappa shape index (κ1) is 18.1. The molecule has 0 aliphatic carbocycles. The Morgan fingerprint density at radius 2 is 1.88 bits per heavy atom. The molecule has 2 aliphatic heterocycles. The Morgan fingerprint density at radius 1 is 1.08 bits per heavy atom. The zero-order chi connectivity index (χ0) is 17.5. The molecule has 1 unspecified atom stereocenters. The van der Waals surface area contributed by atoms with Crippen LogP contribution < -0.4 is 10.2 Å². The monoisotopic (exact) mass is 345 g/mol. The third-order valence-corrected chi connectivity index (χ3v) is 5.41. The Morgan fingerprint density at radius 3 is 2.68 bits per heavy atom. The van der Waals surface area contributed by atoms with Gasteiger partial charge in [0.05, 0.1) is 6.10 Å². The molecule has 5 nitrogen and oxygen atoms in total. The number of amides is 2. The Kier molecular flexibility index (Phi) is 6.56. The third-order valence-electron chi connectivity index (χ3n) is 5.41. The molecule has 1 N–H and O–H groups in total. The lowest BCUT2D eigenvalue weighted by Crippen LogP contribution is -2.40. The molecule has 0 saturated carbocycles. The van der Waals surface area contributed by atoms with Crippen molar-refractivity contribution in [1.82, 2.24) is 10.2 Å². The lowest BCUT2D eigenvalue weighted by atomic mass is 10.1. The summed E-state index contributed by atoms with van der Waals surface area (Å²) in [5, 5.41) is 3.13. The summed E-state index contributed by atoms with van der Waals surface area (Å²) in [7, 11) is 1.76. The van der Waals surface area contributed by atoms with E-state index >= 15 is 0 Å². The fourth-order valence-electron chi connectivity index (χ4n) is 3.89. The molecule has 2 fully saturated rings. The second-order valence-corrected chi connectivity index (χ2v) is 7.11. The molecule has 0 radical (unpaired) electrons. The van der Waals surface area contributed by atoms with Crippen molar-refractivity contribution in [2.45, 2.75) is 51.2 Å². The number of ether oxygens (including phenoxy) is 1. The van der Waals surface area contributed by atoms with Crippen LogP contribution in [0.2, 0.25) is 0 Å². The van der Waals surface area contributed by atoms with Gasteiger partial charge >= 0.3 is 6.03 Å². The lowest BCUT2D eigenvalue weighted by Gasteiger charge is -2.31. The summed E-state index contributed by atoms with van der Waals surface area (Å²) >= 11 is 0. The quantitative estimate of drug-likeness (QED) is 0.910. The third kappa shape index (κ3) is 4.88. The van der Waals surface area contributed by atoms with E-state index in [1.54, 1.807) is 7.11 Å².